The fraction of sp³-hybridized carbons (Fsp3) is 0.0909. The highest BCUT2D eigenvalue weighted by molar-refractivity contribution is 7.99. The van der Waals surface area contributed by atoms with Crippen LogP contribution in [0.1, 0.15) is 10.4 Å². The van der Waals surface area contributed by atoms with Gasteiger partial charge in [-0.15, -0.1) is 0 Å². The molecule has 0 fully saturated rings. The highest BCUT2D eigenvalue weighted by atomic mass is 32.2. The number of nitrogens with zero attached hydrogens (tertiary/aromatic N) is 1. The normalized spacial score (nSPS) is 10.2. The summed E-state index contributed by atoms with van der Waals surface area (Å²) in [4.78, 5) is 12.3. The number of ether oxygens (including phenoxy) is 1. The summed E-state index contributed by atoms with van der Waals surface area (Å²) in [5, 5.41) is 7.41. The van der Waals surface area contributed by atoms with Crippen LogP contribution in [0.2, 0.25) is 0 Å². The molecule has 0 spiro atoms. The molecule has 0 unspecified atom stereocenters. The van der Waals surface area contributed by atoms with E-state index in [0.29, 0.717) is 11.4 Å². The van der Waals surface area contributed by atoms with Crippen molar-refractivity contribution < 1.29 is 9.53 Å². The van der Waals surface area contributed by atoms with Gasteiger partial charge in [0.15, 0.2) is 0 Å². The van der Waals surface area contributed by atoms with E-state index in [0.717, 1.165) is 9.92 Å². The van der Waals surface area contributed by atoms with Crippen LogP contribution < -0.4 is 5.73 Å². The van der Waals surface area contributed by atoms with Crippen LogP contribution in [0, 0.1) is 0 Å². The minimum atomic E-state index is -0.353. The number of hydrogen-bond acceptors (Lipinski definition) is 5. The van der Waals surface area contributed by atoms with E-state index in [1.807, 2.05) is 6.07 Å². The van der Waals surface area contributed by atoms with Gasteiger partial charge in [-0.2, -0.15) is 5.10 Å². The number of aromatic amines is 1. The highest BCUT2D eigenvalue weighted by Gasteiger charge is 2.07. The van der Waals surface area contributed by atoms with Crippen molar-refractivity contribution in [3.63, 3.8) is 0 Å². The summed E-state index contributed by atoms with van der Waals surface area (Å²) in [6.45, 7) is 0. The number of rotatable bonds is 3. The molecule has 0 radical (unpaired) electrons. The second-order valence-corrected chi connectivity index (χ2v) is 4.38. The first-order valence-electron chi connectivity index (χ1n) is 4.86. The molecule has 17 heavy (non-hydrogen) atoms. The summed E-state index contributed by atoms with van der Waals surface area (Å²) in [5.74, 6) is 0.158. The third-order valence-corrected chi connectivity index (χ3v) is 2.96. The first kappa shape index (κ1) is 11.5. The van der Waals surface area contributed by atoms with Crippen molar-refractivity contribution in [2.45, 2.75) is 9.92 Å². The quantitative estimate of drug-likeness (QED) is 0.812. The Morgan fingerprint density at radius 1 is 1.47 bits per heavy atom. The minimum Gasteiger partial charge on any atom is -0.465 e. The summed E-state index contributed by atoms with van der Waals surface area (Å²) < 4.78 is 4.66. The van der Waals surface area contributed by atoms with Crippen LogP contribution in [0.3, 0.4) is 0 Å². The van der Waals surface area contributed by atoms with Gasteiger partial charge in [-0.05, 0) is 18.2 Å². The molecule has 0 saturated heterocycles. The lowest BCUT2D eigenvalue weighted by Crippen LogP contribution is -2.00. The Balaban J connectivity index is 2.19. The van der Waals surface area contributed by atoms with E-state index in [9.17, 15) is 4.79 Å². The van der Waals surface area contributed by atoms with Gasteiger partial charge >= 0.3 is 5.97 Å². The Kier molecular flexibility index (Phi) is 3.34. The van der Waals surface area contributed by atoms with Gasteiger partial charge < -0.3 is 10.5 Å². The standard InChI is InChI=1S/C11H11N3O2S/c1-16-11(15)7-3-2-4-8(5-7)17-10-6-9(12)13-14-10/h2-6H,1H3,(H3,12,13,14). The smallest absolute Gasteiger partial charge is 0.337 e. The molecule has 88 valence electrons. The molecule has 5 nitrogen and oxygen atoms in total. The third-order valence-electron chi connectivity index (χ3n) is 2.05. The number of benzene rings is 1. The first-order chi connectivity index (χ1) is 8.19. The highest BCUT2D eigenvalue weighted by Crippen LogP contribution is 2.27. The lowest BCUT2D eigenvalue weighted by atomic mass is 10.2. The molecule has 0 bridgehead atoms. The summed E-state index contributed by atoms with van der Waals surface area (Å²) >= 11 is 1.42. The fourth-order valence-electron chi connectivity index (χ4n) is 1.29. The van der Waals surface area contributed by atoms with E-state index in [1.54, 1.807) is 24.3 Å². The van der Waals surface area contributed by atoms with Crippen LogP contribution in [0.15, 0.2) is 40.3 Å². The zero-order valence-electron chi connectivity index (χ0n) is 9.14. The van der Waals surface area contributed by atoms with Crippen molar-refractivity contribution in [1.29, 1.82) is 0 Å². The first-order valence-corrected chi connectivity index (χ1v) is 5.68. The minimum absolute atomic E-state index is 0.353. The lowest BCUT2D eigenvalue weighted by molar-refractivity contribution is 0.0600. The Hall–Kier alpha value is -1.95. The second kappa shape index (κ2) is 4.92. The Bertz CT molecular complexity index is 539. The van der Waals surface area contributed by atoms with Crippen molar-refractivity contribution in [1.82, 2.24) is 10.2 Å². The molecule has 0 amide bonds. The summed E-state index contributed by atoms with van der Waals surface area (Å²) in [7, 11) is 1.36. The van der Waals surface area contributed by atoms with Gasteiger partial charge in [-0.3, -0.25) is 5.10 Å². The van der Waals surface area contributed by atoms with Crippen LogP contribution in [-0.2, 0) is 4.74 Å². The number of carbonyl (C=O) groups is 1. The number of nitrogen functional groups attached to an aromatic ring is 1. The largest absolute Gasteiger partial charge is 0.465 e. The molecular weight excluding hydrogens is 238 g/mol. The third kappa shape index (κ3) is 2.79. The molecule has 6 heteroatoms. The van der Waals surface area contributed by atoms with E-state index < -0.39 is 0 Å². The maximum absolute atomic E-state index is 11.3. The average molecular weight is 249 g/mol. The number of nitrogens with one attached hydrogen (secondary N) is 1. The molecular formula is C11H11N3O2S. The van der Waals surface area contributed by atoms with Crippen molar-refractivity contribution in [2.75, 3.05) is 12.8 Å². The van der Waals surface area contributed by atoms with Gasteiger partial charge in [0.1, 0.15) is 10.8 Å². The van der Waals surface area contributed by atoms with Gasteiger partial charge in [-0.1, -0.05) is 17.8 Å². The van der Waals surface area contributed by atoms with E-state index in [2.05, 4.69) is 14.9 Å². The van der Waals surface area contributed by atoms with Crippen molar-refractivity contribution in [3.05, 3.63) is 35.9 Å². The molecule has 0 aliphatic heterocycles. The van der Waals surface area contributed by atoms with Gasteiger partial charge in [0, 0.05) is 11.0 Å². The zero-order valence-corrected chi connectivity index (χ0v) is 9.95. The van der Waals surface area contributed by atoms with E-state index in [4.69, 9.17) is 5.73 Å². The fourth-order valence-corrected chi connectivity index (χ4v) is 2.15. The van der Waals surface area contributed by atoms with Gasteiger partial charge in [0.2, 0.25) is 0 Å². The van der Waals surface area contributed by atoms with Crippen LogP contribution in [0.4, 0.5) is 5.82 Å². The molecule has 1 aromatic carbocycles. The van der Waals surface area contributed by atoms with Crippen molar-refractivity contribution in [3.8, 4) is 0 Å². The molecule has 0 aliphatic rings. The average Bonchev–Trinajstić information content (AvgIpc) is 2.74. The molecule has 1 heterocycles. The molecule has 1 aromatic heterocycles. The number of aromatic nitrogens is 2. The SMILES string of the molecule is COC(=O)c1cccc(Sc2cc(N)[nH]n2)c1. The van der Waals surface area contributed by atoms with Crippen LogP contribution in [0.25, 0.3) is 0 Å². The Labute approximate surface area is 102 Å². The van der Waals surface area contributed by atoms with Gasteiger partial charge in [-0.25, -0.2) is 4.79 Å². The second-order valence-electron chi connectivity index (χ2n) is 3.28. The topological polar surface area (TPSA) is 81.0 Å². The van der Waals surface area contributed by atoms with E-state index >= 15 is 0 Å². The maximum atomic E-state index is 11.3. The van der Waals surface area contributed by atoms with Crippen molar-refractivity contribution in [2.24, 2.45) is 0 Å². The number of hydrogen-bond donors (Lipinski definition) is 2. The monoisotopic (exact) mass is 249 g/mol. The van der Waals surface area contributed by atoms with Gasteiger partial charge in [0.25, 0.3) is 0 Å². The number of anilines is 1. The van der Waals surface area contributed by atoms with Crippen LogP contribution >= 0.6 is 11.8 Å². The number of carbonyl (C=O) groups excluding carboxylic acids is 1. The molecule has 0 saturated carbocycles. The number of H-pyrrole nitrogens is 1. The molecule has 0 aliphatic carbocycles. The molecule has 0 atom stereocenters. The number of esters is 1. The van der Waals surface area contributed by atoms with E-state index in [1.165, 1.54) is 18.9 Å². The summed E-state index contributed by atoms with van der Waals surface area (Å²) in [6.07, 6.45) is 0. The Morgan fingerprint density at radius 3 is 2.94 bits per heavy atom. The summed E-state index contributed by atoms with van der Waals surface area (Å²) in [6, 6.07) is 8.87. The molecule has 2 aromatic rings. The predicted octanol–water partition coefficient (Wildman–Crippen LogP) is 1.93. The Morgan fingerprint density at radius 2 is 2.29 bits per heavy atom. The zero-order chi connectivity index (χ0) is 12.3. The number of nitrogens with two attached hydrogens (primary N) is 1. The molecule has 3 N–H and O–H groups in total. The lowest BCUT2D eigenvalue weighted by Gasteiger charge is -2.01. The number of methoxy groups -OCH3 is 1. The van der Waals surface area contributed by atoms with E-state index in [-0.39, 0.29) is 5.97 Å². The van der Waals surface area contributed by atoms with Crippen LogP contribution in [-0.4, -0.2) is 23.3 Å². The predicted molar refractivity (Wildman–Crippen MR) is 64.9 cm³/mol. The van der Waals surface area contributed by atoms with Crippen molar-refractivity contribution >= 4 is 23.5 Å². The maximum Gasteiger partial charge on any atom is 0.337 e. The molecule has 2 rings (SSSR count). The summed E-state index contributed by atoms with van der Waals surface area (Å²) in [5.41, 5.74) is 6.04. The van der Waals surface area contributed by atoms with Gasteiger partial charge in [0.05, 0.1) is 12.7 Å². The van der Waals surface area contributed by atoms with Crippen LogP contribution in [0.5, 0.6) is 0 Å².